The van der Waals surface area contributed by atoms with Crippen LogP contribution in [0.4, 0.5) is 5.69 Å². The van der Waals surface area contributed by atoms with Crippen molar-refractivity contribution in [3.05, 3.63) is 40.2 Å². The monoisotopic (exact) mass is 385 g/mol. The summed E-state index contributed by atoms with van der Waals surface area (Å²) in [6, 6.07) is 5.16. The van der Waals surface area contributed by atoms with E-state index in [-0.39, 0.29) is 10.7 Å². The van der Waals surface area contributed by atoms with Crippen LogP contribution < -0.4 is 4.72 Å². The maximum absolute atomic E-state index is 12.5. The summed E-state index contributed by atoms with van der Waals surface area (Å²) in [6.07, 6.45) is 0. The number of aromatic nitrogens is 1. The molecule has 25 heavy (non-hydrogen) atoms. The number of aryl methyl sites for hydroxylation is 2. The van der Waals surface area contributed by atoms with Crippen molar-refractivity contribution in [1.82, 2.24) is 10.1 Å². The van der Waals surface area contributed by atoms with E-state index in [0.29, 0.717) is 36.2 Å². The first kappa shape index (κ1) is 18.2. The van der Waals surface area contributed by atoms with Gasteiger partial charge in [-0.25, -0.2) is 8.42 Å². The molecule has 7 nitrogen and oxygen atoms in total. The molecule has 1 saturated heterocycles. The molecule has 0 saturated carbocycles. The van der Waals surface area contributed by atoms with E-state index in [2.05, 4.69) is 14.8 Å². The molecule has 1 aromatic carbocycles. The molecular formula is C16H20ClN3O4S. The van der Waals surface area contributed by atoms with Crippen LogP contribution in [0.5, 0.6) is 0 Å². The predicted octanol–water partition coefficient (Wildman–Crippen LogP) is 2.58. The number of benzene rings is 1. The summed E-state index contributed by atoms with van der Waals surface area (Å²) < 4.78 is 37.9. The number of nitrogens with zero attached hydrogens (tertiary/aromatic N) is 2. The van der Waals surface area contributed by atoms with Crippen molar-refractivity contribution < 1.29 is 17.7 Å². The lowest BCUT2D eigenvalue weighted by molar-refractivity contribution is 0.0342. The number of sulfonamides is 1. The SMILES string of the molecule is Cc1noc(C)c1S(=O)(=O)Nc1ccc(CN2CCOCC2)c(Cl)c1. The Morgan fingerprint density at radius 2 is 2.00 bits per heavy atom. The first-order valence-corrected chi connectivity index (χ1v) is 9.77. The van der Waals surface area contributed by atoms with Gasteiger partial charge in [0.2, 0.25) is 0 Å². The molecule has 1 aromatic heterocycles. The molecule has 136 valence electrons. The summed E-state index contributed by atoms with van der Waals surface area (Å²) in [7, 11) is -3.78. The zero-order valence-corrected chi connectivity index (χ0v) is 15.7. The van der Waals surface area contributed by atoms with Crippen molar-refractivity contribution in [2.24, 2.45) is 0 Å². The molecule has 0 spiro atoms. The molecule has 0 radical (unpaired) electrons. The minimum atomic E-state index is -3.78. The molecule has 1 aliphatic rings. The van der Waals surface area contributed by atoms with Gasteiger partial charge in [-0.15, -0.1) is 0 Å². The lowest BCUT2D eigenvalue weighted by atomic mass is 10.2. The zero-order valence-electron chi connectivity index (χ0n) is 14.1. The summed E-state index contributed by atoms with van der Waals surface area (Å²) in [6.45, 7) is 7.00. The van der Waals surface area contributed by atoms with E-state index >= 15 is 0 Å². The van der Waals surface area contributed by atoms with Gasteiger partial charge in [-0.1, -0.05) is 22.8 Å². The third kappa shape index (κ3) is 4.14. The fourth-order valence-electron chi connectivity index (χ4n) is 2.80. The van der Waals surface area contributed by atoms with Gasteiger partial charge >= 0.3 is 0 Å². The molecule has 1 aliphatic heterocycles. The number of ether oxygens (including phenoxy) is 1. The fourth-order valence-corrected chi connectivity index (χ4v) is 4.43. The number of hydrogen-bond acceptors (Lipinski definition) is 6. The van der Waals surface area contributed by atoms with Crippen molar-refractivity contribution in [1.29, 1.82) is 0 Å². The molecular weight excluding hydrogens is 366 g/mol. The molecule has 2 heterocycles. The Bertz CT molecular complexity index is 841. The first-order chi connectivity index (χ1) is 11.9. The van der Waals surface area contributed by atoms with Gasteiger partial charge in [-0.2, -0.15) is 0 Å². The third-order valence-electron chi connectivity index (χ3n) is 4.04. The number of morpholine rings is 1. The second kappa shape index (κ2) is 7.33. The Labute approximate surface area is 151 Å². The topological polar surface area (TPSA) is 84.7 Å². The van der Waals surface area contributed by atoms with Crippen LogP contribution in [-0.2, 0) is 21.3 Å². The number of rotatable bonds is 5. The molecule has 3 rings (SSSR count). The van der Waals surface area contributed by atoms with Crippen molar-refractivity contribution in [2.45, 2.75) is 25.3 Å². The van der Waals surface area contributed by atoms with E-state index in [0.717, 1.165) is 18.7 Å². The summed E-state index contributed by atoms with van der Waals surface area (Å²) in [5.74, 6) is 0.250. The van der Waals surface area contributed by atoms with E-state index in [9.17, 15) is 8.42 Å². The van der Waals surface area contributed by atoms with Crippen LogP contribution in [0.2, 0.25) is 5.02 Å². The summed E-state index contributed by atoms with van der Waals surface area (Å²) in [5, 5.41) is 4.20. The van der Waals surface area contributed by atoms with E-state index in [1.807, 2.05) is 6.07 Å². The Morgan fingerprint density at radius 3 is 2.60 bits per heavy atom. The fraction of sp³-hybridized carbons (Fsp3) is 0.438. The van der Waals surface area contributed by atoms with Gasteiger partial charge in [0.15, 0.2) is 10.7 Å². The lowest BCUT2D eigenvalue weighted by Crippen LogP contribution is -2.35. The molecule has 0 unspecified atom stereocenters. The summed E-state index contributed by atoms with van der Waals surface area (Å²) in [4.78, 5) is 2.30. The number of hydrogen-bond donors (Lipinski definition) is 1. The molecule has 9 heteroatoms. The molecule has 0 aliphatic carbocycles. The highest BCUT2D eigenvalue weighted by atomic mass is 35.5. The van der Waals surface area contributed by atoms with Gasteiger partial charge < -0.3 is 9.26 Å². The molecule has 2 aromatic rings. The van der Waals surface area contributed by atoms with Gasteiger partial charge in [0.05, 0.1) is 18.9 Å². The Morgan fingerprint density at radius 1 is 1.28 bits per heavy atom. The smallest absolute Gasteiger partial charge is 0.267 e. The highest BCUT2D eigenvalue weighted by molar-refractivity contribution is 7.92. The van der Waals surface area contributed by atoms with Crippen LogP contribution in [0, 0.1) is 13.8 Å². The van der Waals surface area contributed by atoms with Crippen LogP contribution >= 0.6 is 11.6 Å². The van der Waals surface area contributed by atoms with Crippen LogP contribution in [0.1, 0.15) is 17.0 Å². The van der Waals surface area contributed by atoms with Crippen molar-refractivity contribution in [2.75, 3.05) is 31.0 Å². The van der Waals surface area contributed by atoms with Crippen LogP contribution in [0.15, 0.2) is 27.6 Å². The largest absolute Gasteiger partial charge is 0.379 e. The van der Waals surface area contributed by atoms with E-state index in [1.165, 1.54) is 0 Å². The second-order valence-electron chi connectivity index (χ2n) is 5.95. The van der Waals surface area contributed by atoms with Gasteiger partial charge in [-0.3, -0.25) is 9.62 Å². The van der Waals surface area contributed by atoms with Crippen LogP contribution in [-0.4, -0.2) is 44.8 Å². The van der Waals surface area contributed by atoms with E-state index < -0.39 is 10.0 Å². The van der Waals surface area contributed by atoms with Gasteiger partial charge in [0.1, 0.15) is 5.69 Å². The number of nitrogens with one attached hydrogen (secondary N) is 1. The molecule has 0 bridgehead atoms. The third-order valence-corrected chi connectivity index (χ3v) is 6.02. The van der Waals surface area contributed by atoms with Gasteiger partial charge in [0, 0.05) is 24.7 Å². The minimum absolute atomic E-state index is 0.0565. The Hall–Kier alpha value is -1.61. The number of anilines is 1. The average Bonchev–Trinajstić information content (AvgIpc) is 2.90. The highest BCUT2D eigenvalue weighted by Gasteiger charge is 2.24. The van der Waals surface area contributed by atoms with Crippen LogP contribution in [0.25, 0.3) is 0 Å². The lowest BCUT2D eigenvalue weighted by Gasteiger charge is -2.27. The highest BCUT2D eigenvalue weighted by Crippen LogP contribution is 2.26. The maximum Gasteiger partial charge on any atom is 0.267 e. The second-order valence-corrected chi connectivity index (χ2v) is 7.98. The summed E-state index contributed by atoms with van der Waals surface area (Å²) >= 11 is 6.34. The van der Waals surface area contributed by atoms with Gasteiger partial charge in [0.25, 0.3) is 10.0 Å². The number of halogens is 1. The molecule has 0 atom stereocenters. The average molecular weight is 386 g/mol. The van der Waals surface area contributed by atoms with E-state index in [1.54, 1.807) is 26.0 Å². The maximum atomic E-state index is 12.5. The van der Waals surface area contributed by atoms with Crippen LogP contribution in [0.3, 0.4) is 0 Å². The Kier molecular flexibility index (Phi) is 5.33. The summed E-state index contributed by atoms with van der Waals surface area (Å²) in [5.41, 5.74) is 1.67. The zero-order chi connectivity index (χ0) is 18.0. The standard InChI is InChI=1S/C16H20ClN3O4S/c1-11-16(12(2)24-18-11)25(21,22)19-14-4-3-13(15(17)9-14)10-20-5-7-23-8-6-20/h3-4,9,19H,5-8,10H2,1-2H3. The predicted molar refractivity (Wildman–Crippen MR) is 94.3 cm³/mol. The Balaban J connectivity index is 1.76. The normalized spacial score (nSPS) is 16.1. The van der Waals surface area contributed by atoms with Gasteiger partial charge in [-0.05, 0) is 31.5 Å². The molecule has 1 fully saturated rings. The van der Waals surface area contributed by atoms with Crippen molar-refractivity contribution in [3.8, 4) is 0 Å². The van der Waals surface area contributed by atoms with Crippen molar-refractivity contribution in [3.63, 3.8) is 0 Å². The van der Waals surface area contributed by atoms with E-state index in [4.69, 9.17) is 20.9 Å². The first-order valence-electron chi connectivity index (χ1n) is 7.91. The van der Waals surface area contributed by atoms with Crippen molar-refractivity contribution >= 4 is 27.3 Å². The minimum Gasteiger partial charge on any atom is -0.379 e. The quantitative estimate of drug-likeness (QED) is 0.851. The molecule has 0 amide bonds. The molecule has 1 N–H and O–H groups in total.